The maximum Gasteiger partial charge on any atom is 0.270 e. The van der Waals surface area contributed by atoms with Gasteiger partial charge in [-0.2, -0.15) is 0 Å². The van der Waals surface area contributed by atoms with Gasteiger partial charge in [0.1, 0.15) is 6.04 Å². The summed E-state index contributed by atoms with van der Waals surface area (Å²) in [4.78, 5) is 20.2. The van der Waals surface area contributed by atoms with Crippen molar-refractivity contribution < 1.29 is 18.0 Å². The van der Waals surface area contributed by atoms with Crippen molar-refractivity contribution in [3.05, 3.63) is 66.2 Å². The molecule has 8 heteroatoms. The Morgan fingerprint density at radius 2 is 1.65 bits per heavy atom. The van der Waals surface area contributed by atoms with Crippen molar-refractivity contribution >= 4 is 38.1 Å². The highest BCUT2D eigenvalue weighted by molar-refractivity contribution is 7.93. The van der Waals surface area contributed by atoms with Crippen molar-refractivity contribution in [3.8, 4) is 0 Å². The van der Waals surface area contributed by atoms with Crippen LogP contribution < -0.4 is 9.21 Å². The lowest BCUT2D eigenvalue weighted by atomic mass is 10.1. The average molecular weight is 440 g/mol. The fraction of sp³-hybridized carbons (Fsp3) is 0.261. The first kappa shape index (κ1) is 21.1. The van der Waals surface area contributed by atoms with Crippen molar-refractivity contribution in [3.63, 3.8) is 0 Å². The normalized spacial score (nSPS) is 15.7. The molecule has 0 saturated heterocycles. The quantitative estimate of drug-likeness (QED) is 0.572. The number of anilines is 2. The molecule has 0 aliphatic carbocycles. The maximum absolute atomic E-state index is 14.0. The van der Waals surface area contributed by atoms with Crippen molar-refractivity contribution in [2.45, 2.75) is 17.4 Å². The first-order chi connectivity index (χ1) is 14.8. The number of carbonyl (C=O) groups is 1. The Morgan fingerprint density at radius 1 is 0.968 bits per heavy atom. The molecule has 162 valence electrons. The molecule has 1 heterocycles. The predicted octanol–water partition coefficient (Wildman–Crippen LogP) is 3.05. The van der Waals surface area contributed by atoms with Crippen molar-refractivity contribution in [1.29, 1.82) is 0 Å². The standard InChI is InChI=1S/C23H25N3O4S/c1-24(2)20-13-7-11-18-17(20)10-8-14-22(18)31(28,29)26-19-12-6-5-9-16(19)15-21(26)23(27)25(3)30-4/h5-14,21H,15H2,1-4H3/t21-/m0/s1. The van der Waals surface area contributed by atoms with Gasteiger partial charge < -0.3 is 4.90 Å². The van der Waals surface area contributed by atoms with Crippen LogP contribution in [0.2, 0.25) is 0 Å². The molecular formula is C23H25N3O4S. The van der Waals surface area contributed by atoms with Crippen LogP contribution in [0.3, 0.4) is 0 Å². The summed E-state index contributed by atoms with van der Waals surface area (Å²) in [5.74, 6) is -0.420. The summed E-state index contributed by atoms with van der Waals surface area (Å²) < 4.78 is 29.3. The van der Waals surface area contributed by atoms with E-state index in [1.54, 1.807) is 30.3 Å². The Morgan fingerprint density at radius 3 is 2.35 bits per heavy atom. The molecule has 31 heavy (non-hydrogen) atoms. The maximum atomic E-state index is 14.0. The molecule has 1 aliphatic rings. The molecule has 0 saturated carbocycles. The molecule has 0 unspecified atom stereocenters. The molecule has 3 aromatic rings. The van der Waals surface area contributed by atoms with Gasteiger partial charge in [-0.1, -0.05) is 42.5 Å². The summed E-state index contributed by atoms with van der Waals surface area (Å²) >= 11 is 0. The second-order valence-electron chi connectivity index (χ2n) is 7.69. The highest BCUT2D eigenvalue weighted by atomic mass is 32.2. The van der Waals surface area contributed by atoms with E-state index >= 15 is 0 Å². The number of likely N-dealkylation sites (N-methyl/N-ethyl adjacent to an activating group) is 1. The van der Waals surface area contributed by atoms with Crippen LogP contribution in [0, 0.1) is 0 Å². The molecule has 0 fully saturated rings. The zero-order valence-corrected chi connectivity index (χ0v) is 18.8. The summed E-state index contributed by atoms with van der Waals surface area (Å²) in [6.07, 6.45) is 0.287. The number of hydroxylamine groups is 2. The van der Waals surface area contributed by atoms with Gasteiger partial charge in [0.2, 0.25) is 0 Å². The van der Waals surface area contributed by atoms with E-state index in [0.29, 0.717) is 11.1 Å². The number of hydrogen-bond acceptors (Lipinski definition) is 5. The lowest BCUT2D eigenvalue weighted by Gasteiger charge is -2.29. The van der Waals surface area contributed by atoms with Crippen LogP contribution >= 0.6 is 0 Å². The SMILES string of the molecule is CON(C)C(=O)[C@@H]1Cc2ccccc2N1S(=O)(=O)c1cccc2c(N(C)C)cccc12. The molecule has 7 nitrogen and oxygen atoms in total. The fourth-order valence-electron chi connectivity index (χ4n) is 4.13. The number of sulfonamides is 1. The first-order valence-electron chi connectivity index (χ1n) is 9.90. The van der Waals surface area contributed by atoms with E-state index in [9.17, 15) is 13.2 Å². The highest BCUT2D eigenvalue weighted by Crippen LogP contribution is 2.39. The number of benzene rings is 3. The van der Waals surface area contributed by atoms with Crippen LogP contribution in [0.15, 0.2) is 65.6 Å². The van der Waals surface area contributed by atoms with Crippen LogP contribution in [-0.2, 0) is 26.1 Å². The van der Waals surface area contributed by atoms with Crippen molar-refractivity contribution in [1.82, 2.24) is 5.06 Å². The van der Waals surface area contributed by atoms with Crippen molar-refractivity contribution in [2.24, 2.45) is 0 Å². The topological polar surface area (TPSA) is 70.2 Å². The van der Waals surface area contributed by atoms with Crippen LogP contribution in [-0.4, -0.2) is 53.7 Å². The average Bonchev–Trinajstić information content (AvgIpc) is 3.17. The molecular weight excluding hydrogens is 414 g/mol. The number of carbonyl (C=O) groups excluding carboxylic acids is 1. The van der Waals surface area contributed by atoms with Crippen LogP contribution in [0.25, 0.3) is 10.8 Å². The number of amides is 1. The zero-order valence-electron chi connectivity index (χ0n) is 17.9. The van der Waals surface area contributed by atoms with E-state index in [0.717, 1.165) is 21.7 Å². The molecule has 0 spiro atoms. The summed E-state index contributed by atoms with van der Waals surface area (Å²) in [6, 6.07) is 17.1. The van der Waals surface area contributed by atoms with Gasteiger partial charge in [0, 0.05) is 44.0 Å². The molecule has 0 N–H and O–H groups in total. The molecule has 0 bridgehead atoms. The minimum atomic E-state index is -4.05. The molecule has 1 amide bonds. The minimum Gasteiger partial charge on any atom is -0.377 e. The van der Waals surface area contributed by atoms with E-state index in [2.05, 4.69) is 0 Å². The number of hydrogen-bond donors (Lipinski definition) is 0. The third-order valence-corrected chi connectivity index (χ3v) is 7.55. The number of fused-ring (bicyclic) bond motifs is 2. The molecule has 1 atom stereocenters. The lowest BCUT2D eigenvalue weighted by molar-refractivity contribution is -0.169. The number of nitrogens with zero attached hydrogens (tertiary/aromatic N) is 3. The van der Waals surface area contributed by atoms with Crippen LogP contribution in [0.4, 0.5) is 11.4 Å². The molecule has 3 aromatic carbocycles. The second-order valence-corrected chi connectivity index (χ2v) is 9.47. The van der Waals surface area contributed by atoms with Gasteiger partial charge >= 0.3 is 0 Å². The minimum absolute atomic E-state index is 0.170. The molecule has 1 aliphatic heterocycles. The van der Waals surface area contributed by atoms with Gasteiger partial charge in [0.25, 0.3) is 15.9 Å². The van der Waals surface area contributed by atoms with Gasteiger partial charge in [0.05, 0.1) is 17.7 Å². The third-order valence-electron chi connectivity index (χ3n) is 5.67. The molecule has 4 rings (SSSR count). The van der Waals surface area contributed by atoms with Gasteiger partial charge in [0.15, 0.2) is 0 Å². The summed E-state index contributed by atoms with van der Waals surface area (Å²) in [5, 5.41) is 2.52. The van der Waals surface area contributed by atoms with E-state index in [-0.39, 0.29) is 11.3 Å². The zero-order chi connectivity index (χ0) is 22.3. The monoisotopic (exact) mass is 439 g/mol. The Bertz CT molecular complexity index is 1260. The smallest absolute Gasteiger partial charge is 0.270 e. The number of rotatable bonds is 5. The van der Waals surface area contributed by atoms with Gasteiger partial charge in [-0.3, -0.25) is 13.9 Å². The van der Waals surface area contributed by atoms with Crippen molar-refractivity contribution in [2.75, 3.05) is 37.5 Å². The van der Waals surface area contributed by atoms with E-state index < -0.39 is 22.0 Å². The largest absolute Gasteiger partial charge is 0.377 e. The van der Waals surface area contributed by atoms with E-state index in [4.69, 9.17) is 4.84 Å². The van der Waals surface area contributed by atoms with E-state index in [1.165, 1.54) is 18.5 Å². The Balaban J connectivity index is 1.93. The Labute approximate surface area is 182 Å². The lowest BCUT2D eigenvalue weighted by Crippen LogP contribution is -2.48. The highest BCUT2D eigenvalue weighted by Gasteiger charge is 2.43. The third kappa shape index (κ3) is 3.41. The molecule has 0 radical (unpaired) electrons. The Hall–Kier alpha value is -3.10. The van der Waals surface area contributed by atoms with Crippen LogP contribution in [0.5, 0.6) is 0 Å². The summed E-state index contributed by atoms with van der Waals surface area (Å²) in [6.45, 7) is 0. The summed E-state index contributed by atoms with van der Waals surface area (Å²) in [7, 11) is 2.66. The second kappa shape index (κ2) is 7.86. The van der Waals surface area contributed by atoms with Gasteiger partial charge in [-0.25, -0.2) is 13.5 Å². The predicted molar refractivity (Wildman–Crippen MR) is 122 cm³/mol. The Kier molecular flexibility index (Phi) is 5.36. The summed E-state index contributed by atoms with van der Waals surface area (Å²) in [5.41, 5.74) is 2.25. The van der Waals surface area contributed by atoms with Crippen LogP contribution in [0.1, 0.15) is 5.56 Å². The van der Waals surface area contributed by atoms with E-state index in [1.807, 2.05) is 49.3 Å². The van der Waals surface area contributed by atoms with Gasteiger partial charge in [-0.05, 0) is 23.8 Å². The number of para-hydroxylation sites is 1. The van der Waals surface area contributed by atoms with Gasteiger partial charge in [-0.15, -0.1) is 0 Å². The molecule has 0 aromatic heterocycles. The first-order valence-corrected chi connectivity index (χ1v) is 11.3. The fourth-order valence-corrected chi connectivity index (χ4v) is 5.98.